The number of aliphatic hydroxyl groups is 1. The van der Waals surface area contributed by atoms with Crippen LogP contribution in [0.25, 0.3) is 0 Å². The molecule has 1 aromatic rings. The van der Waals surface area contributed by atoms with Crippen molar-refractivity contribution in [1.82, 2.24) is 4.90 Å². The van der Waals surface area contributed by atoms with Gasteiger partial charge in [0.25, 0.3) is 0 Å². The molecule has 0 amide bonds. The summed E-state index contributed by atoms with van der Waals surface area (Å²) < 4.78 is 5.10. The Hall–Kier alpha value is -2.39. The minimum absolute atomic E-state index is 0.213. The van der Waals surface area contributed by atoms with E-state index in [0.29, 0.717) is 18.8 Å². The van der Waals surface area contributed by atoms with Gasteiger partial charge in [0.1, 0.15) is 12.2 Å². The molecule has 2 rings (SSSR count). The molecular formula is C14H19N3O6. The van der Waals surface area contributed by atoms with Gasteiger partial charge in [0, 0.05) is 37.9 Å². The Balaban J connectivity index is 2.45. The van der Waals surface area contributed by atoms with E-state index >= 15 is 0 Å². The average molecular weight is 325 g/mol. The minimum Gasteiger partial charge on any atom is -0.484 e. The van der Waals surface area contributed by atoms with Crippen LogP contribution in [0.15, 0.2) is 12.1 Å². The van der Waals surface area contributed by atoms with Crippen LogP contribution in [0.2, 0.25) is 0 Å². The quantitative estimate of drug-likeness (QED) is 0.571. The second kappa shape index (κ2) is 7.25. The van der Waals surface area contributed by atoms with Gasteiger partial charge in [-0.15, -0.1) is 0 Å². The number of likely N-dealkylation sites (N-methyl/N-ethyl adjacent to an activating group) is 1. The molecule has 126 valence electrons. The lowest BCUT2D eigenvalue weighted by Crippen LogP contribution is -2.44. The zero-order valence-electron chi connectivity index (χ0n) is 12.8. The number of carboxylic acid groups (broad SMARTS) is 1. The molecule has 9 heteroatoms. The van der Waals surface area contributed by atoms with Crippen molar-refractivity contribution < 1.29 is 24.7 Å². The Bertz CT molecular complexity index is 563. The van der Waals surface area contributed by atoms with Crippen LogP contribution in [0.4, 0.5) is 11.4 Å². The molecule has 1 aliphatic heterocycles. The van der Waals surface area contributed by atoms with Crippen LogP contribution in [0.5, 0.6) is 5.75 Å². The number of rotatable bonds is 6. The summed E-state index contributed by atoms with van der Waals surface area (Å²) in [6.07, 6.45) is 0. The van der Waals surface area contributed by atoms with E-state index in [1.165, 1.54) is 12.1 Å². The van der Waals surface area contributed by atoms with E-state index in [1.807, 2.05) is 11.9 Å². The molecule has 0 radical (unpaired) electrons. The maximum Gasteiger partial charge on any atom is 0.339 e. The molecule has 0 atom stereocenters. The van der Waals surface area contributed by atoms with Crippen LogP contribution < -0.4 is 9.64 Å². The Morgan fingerprint density at radius 3 is 2.52 bits per heavy atom. The van der Waals surface area contributed by atoms with Crippen molar-refractivity contribution in [3.05, 3.63) is 27.8 Å². The third-order valence-electron chi connectivity index (χ3n) is 3.69. The van der Waals surface area contributed by atoms with Gasteiger partial charge >= 0.3 is 11.7 Å². The van der Waals surface area contributed by atoms with Crippen molar-refractivity contribution in [1.29, 1.82) is 0 Å². The Morgan fingerprint density at radius 1 is 1.35 bits per heavy atom. The van der Waals surface area contributed by atoms with Crippen LogP contribution in [-0.2, 0) is 0 Å². The lowest BCUT2D eigenvalue weighted by Gasteiger charge is -2.34. The molecule has 0 bridgehead atoms. The second-order valence-electron chi connectivity index (χ2n) is 5.27. The molecule has 0 aliphatic carbocycles. The van der Waals surface area contributed by atoms with Crippen LogP contribution in [0.3, 0.4) is 0 Å². The highest BCUT2D eigenvalue weighted by Gasteiger charge is 2.27. The third-order valence-corrected chi connectivity index (χ3v) is 3.69. The average Bonchev–Trinajstić information content (AvgIpc) is 2.52. The fraction of sp³-hybridized carbons (Fsp3) is 0.500. The van der Waals surface area contributed by atoms with Crippen molar-refractivity contribution in [3.63, 3.8) is 0 Å². The Labute approximate surface area is 132 Å². The number of hydrogen-bond acceptors (Lipinski definition) is 7. The van der Waals surface area contributed by atoms with Crippen molar-refractivity contribution in [3.8, 4) is 5.75 Å². The van der Waals surface area contributed by atoms with E-state index < -0.39 is 16.6 Å². The van der Waals surface area contributed by atoms with Gasteiger partial charge in [-0.25, -0.2) is 4.79 Å². The summed E-state index contributed by atoms with van der Waals surface area (Å²) in [4.78, 5) is 26.1. The van der Waals surface area contributed by atoms with Gasteiger partial charge in [0.05, 0.1) is 11.5 Å². The number of anilines is 1. The number of hydrogen-bond donors (Lipinski definition) is 2. The van der Waals surface area contributed by atoms with Crippen LogP contribution in [-0.4, -0.2) is 72.4 Å². The summed E-state index contributed by atoms with van der Waals surface area (Å²) >= 11 is 0. The van der Waals surface area contributed by atoms with Gasteiger partial charge in [0.2, 0.25) is 5.75 Å². The molecular weight excluding hydrogens is 306 g/mol. The number of aliphatic hydroxyl groups excluding tert-OH is 1. The van der Waals surface area contributed by atoms with Crippen LogP contribution in [0.1, 0.15) is 10.4 Å². The van der Waals surface area contributed by atoms with Crippen LogP contribution in [0, 0.1) is 10.1 Å². The molecule has 1 aliphatic rings. The van der Waals surface area contributed by atoms with Crippen molar-refractivity contribution in [2.45, 2.75) is 0 Å². The SMILES string of the molecule is CN1CCN(c2cc(C(=O)O)c(OCCO)c([N+](=O)[O-])c2)CC1. The van der Waals surface area contributed by atoms with E-state index in [2.05, 4.69) is 4.90 Å². The molecule has 0 unspecified atom stereocenters. The highest BCUT2D eigenvalue weighted by atomic mass is 16.6. The normalized spacial score (nSPS) is 15.5. The number of ether oxygens (including phenoxy) is 1. The zero-order valence-corrected chi connectivity index (χ0v) is 12.8. The first-order valence-corrected chi connectivity index (χ1v) is 7.17. The summed E-state index contributed by atoms with van der Waals surface area (Å²) in [6.45, 7) is 2.32. The smallest absolute Gasteiger partial charge is 0.339 e. The Kier molecular flexibility index (Phi) is 5.35. The van der Waals surface area contributed by atoms with Gasteiger partial charge in [0.15, 0.2) is 0 Å². The molecule has 1 saturated heterocycles. The summed E-state index contributed by atoms with van der Waals surface area (Å²) in [6, 6.07) is 2.71. The molecule has 2 N–H and O–H groups in total. The first-order chi connectivity index (χ1) is 10.9. The van der Waals surface area contributed by atoms with Crippen molar-refractivity contribution in [2.75, 3.05) is 51.3 Å². The van der Waals surface area contributed by atoms with Gasteiger partial charge < -0.3 is 24.7 Å². The van der Waals surface area contributed by atoms with Crippen molar-refractivity contribution in [2.24, 2.45) is 0 Å². The van der Waals surface area contributed by atoms with Gasteiger partial charge in [-0.05, 0) is 13.1 Å². The number of carboxylic acids is 1. The predicted molar refractivity (Wildman–Crippen MR) is 82.3 cm³/mol. The first kappa shape index (κ1) is 17.0. The second-order valence-corrected chi connectivity index (χ2v) is 5.27. The van der Waals surface area contributed by atoms with E-state index in [1.54, 1.807) is 0 Å². The maximum absolute atomic E-state index is 11.5. The van der Waals surface area contributed by atoms with E-state index in [0.717, 1.165) is 13.1 Å². The number of nitrogens with zero attached hydrogens (tertiary/aromatic N) is 3. The first-order valence-electron chi connectivity index (χ1n) is 7.17. The van der Waals surface area contributed by atoms with Gasteiger partial charge in [-0.3, -0.25) is 10.1 Å². The molecule has 23 heavy (non-hydrogen) atoms. The van der Waals surface area contributed by atoms with E-state index in [9.17, 15) is 20.0 Å². The number of aromatic carboxylic acids is 1. The summed E-state index contributed by atoms with van der Waals surface area (Å²) in [5.74, 6) is -1.63. The number of piperazine rings is 1. The van der Waals surface area contributed by atoms with Gasteiger partial charge in [-0.1, -0.05) is 0 Å². The molecule has 1 aromatic carbocycles. The highest BCUT2D eigenvalue weighted by molar-refractivity contribution is 5.94. The molecule has 0 aromatic heterocycles. The summed E-state index contributed by atoms with van der Waals surface area (Å²) in [5.41, 5.74) is -0.201. The van der Waals surface area contributed by atoms with E-state index in [4.69, 9.17) is 9.84 Å². The number of nitro benzene ring substituents is 1. The molecule has 0 spiro atoms. The highest BCUT2D eigenvalue weighted by Crippen LogP contribution is 2.36. The van der Waals surface area contributed by atoms with E-state index in [-0.39, 0.29) is 24.5 Å². The monoisotopic (exact) mass is 325 g/mol. The molecule has 1 fully saturated rings. The third kappa shape index (κ3) is 3.88. The predicted octanol–water partition coefficient (Wildman–Crippen LogP) is 0.416. The lowest BCUT2D eigenvalue weighted by atomic mass is 10.1. The topological polar surface area (TPSA) is 116 Å². The lowest BCUT2D eigenvalue weighted by molar-refractivity contribution is -0.385. The minimum atomic E-state index is -1.31. The molecule has 0 saturated carbocycles. The fourth-order valence-corrected chi connectivity index (χ4v) is 2.44. The standard InChI is InChI=1S/C14H19N3O6/c1-15-2-4-16(5-3-15)10-8-11(14(19)20)13(23-7-6-18)12(9-10)17(21)22/h8-9,18H,2-7H2,1H3,(H,19,20). The van der Waals surface area contributed by atoms with Gasteiger partial charge in [-0.2, -0.15) is 0 Å². The zero-order chi connectivity index (χ0) is 17.0. The summed E-state index contributed by atoms with van der Waals surface area (Å²) in [7, 11) is 1.98. The largest absolute Gasteiger partial charge is 0.484 e. The Morgan fingerprint density at radius 2 is 2.00 bits per heavy atom. The number of nitro groups is 1. The van der Waals surface area contributed by atoms with Crippen LogP contribution >= 0.6 is 0 Å². The summed E-state index contributed by atoms with van der Waals surface area (Å²) in [5, 5.41) is 29.4. The number of benzene rings is 1. The molecule has 1 heterocycles. The fourth-order valence-electron chi connectivity index (χ4n) is 2.44. The molecule has 9 nitrogen and oxygen atoms in total. The number of carbonyl (C=O) groups is 1. The maximum atomic E-state index is 11.5. The van der Waals surface area contributed by atoms with Crippen molar-refractivity contribution >= 4 is 17.3 Å².